The summed E-state index contributed by atoms with van der Waals surface area (Å²) in [5.41, 5.74) is 1.07. The van der Waals surface area contributed by atoms with Crippen molar-refractivity contribution in [1.29, 1.82) is 0 Å². The SMILES string of the molecule is COc1cccc(Oc2ccc(Cl)cc2CNC2CC2)c1. The maximum absolute atomic E-state index is 6.10. The van der Waals surface area contributed by atoms with Gasteiger partial charge in [0.15, 0.2) is 0 Å². The lowest BCUT2D eigenvalue weighted by molar-refractivity contribution is 0.408. The first-order valence-corrected chi connectivity index (χ1v) is 7.46. The normalized spacial score (nSPS) is 14.0. The van der Waals surface area contributed by atoms with E-state index in [2.05, 4.69) is 5.32 Å². The molecule has 3 nitrogen and oxygen atoms in total. The highest BCUT2D eigenvalue weighted by Gasteiger charge is 2.20. The monoisotopic (exact) mass is 303 g/mol. The van der Waals surface area contributed by atoms with Crippen LogP contribution in [0.5, 0.6) is 17.2 Å². The molecule has 0 spiro atoms. The number of rotatable bonds is 6. The number of ether oxygens (including phenoxy) is 2. The topological polar surface area (TPSA) is 30.5 Å². The largest absolute Gasteiger partial charge is 0.497 e. The molecule has 0 atom stereocenters. The molecule has 0 heterocycles. The molecule has 0 bridgehead atoms. The summed E-state index contributed by atoms with van der Waals surface area (Å²) in [7, 11) is 1.65. The molecule has 1 aliphatic carbocycles. The maximum atomic E-state index is 6.10. The van der Waals surface area contributed by atoms with E-state index in [1.807, 2.05) is 42.5 Å². The van der Waals surface area contributed by atoms with E-state index < -0.39 is 0 Å². The number of hydrogen-bond acceptors (Lipinski definition) is 3. The minimum atomic E-state index is 0.647. The smallest absolute Gasteiger partial charge is 0.132 e. The Morgan fingerprint density at radius 3 is 2.71 bits per heavy atom. The van der Waals surface area contributed by atoms with Crippen molar-refractivity contribution in [3.8, 4) is 17.2 Å². The molecule has 3 rings (SSSR count). The first kappa shape index (κ1) is 14.2. The Labute approximate surface area is 129 Å². The zero-order chi connectivity index (χ0) is 14.7. The van der Waals surface area contributed by atoms with Gasteiger partial charge >= 0.3 is 0 Å². The molecule has 4 heteroatoms. The van der Waals surface area contributed by atoms with Gasteiger partial charge in [-0.05, 0) is 43.2 Å². The molecular formula is C17H18ClNO2. The van der Waals surface area contributed by atoms with Crippen LogP contribution in [0.2, 0.25) is 5.02 Å². The first-order valence-electron chi connectivity index (χ1n) is 7.08. The van der Waals surface area contributed by atoms with Crippen LogP contribution in [0.3, 0.4) is 0 Å². The predicted molar refractivity (Wildman–Crippen MR) is 84.4 cm³/mol. The molecule has 1 N–H and O–H groups in total. The fraction of sp³-hybridized carbons (Fsp3) is 0.294. The average molecular weight is 304 g/mol. The van der Waals surface area contributed by atoms with Gasteiger partial charge < -0.3 is 14.8 Å². The van der Waals surface area contributed by atoms with E-state index in [1.165, 1.54) is 12.8 Å². The van der Waals surface area contributed by atoms with Gasteiger partial charge in [-0.3, -0.25) is 0 Å². The maximum Gasteiger partial charge on any atom is 0.132 e. The van der Waals surface area contributed by atoms with Crippen molar-refractivity contribution in [3.05, 3.63) is 53.1 Å². The molecule has 0 aromatic heterocycles. The molecule has 1 fully saturated rings. The van der Waals surface area contributed by atoms with Crippen molar-refractivity contribution in [3.63, 3.8) is 0 Å². The van der Waals surface area contributed by atoms with Crippen molar-refractivity contribution < 1.29 is 9.47 Å². The minimum Gasteiger partial charge on any atom is -0.497 e. The lowest BCUT2D eigenvalue weighted by Crippen LogP contribution is -2.15. The fourth-order valence-electron chi connectivity index (χ4n) is 2.12. The van der Waals surface area contributed by atoms with Gasteiger partial charge in [-0.2, -0.15) is 0 Å². The third-order valence-corrected chi connectivity index (χ3v) is 3.69. The highest BCUT2D eigenvalue weighted by atomic mass is 35.5. The van der Waals surface area contributed by atoms with E-state index in [4.69, 9.17) is 21.1 Å². The van der Waals surface area contributed by atoms with Gasteiger partial charge in [-0.25, -0.2) is 0 Å². The molecule has 0 amide bonds. The molecule has 1 aliphatic rings. The quantitative estimate of drug-likeness (QED) is 0.858. The van der Waals surface area contributed by atoms with Gasteiger partial charge in [-0.1, -0.05) is 17.7 Å². The van der Waals surface area contributed by atoms with Gasteiger partial charge in [-0.15, -0.1) is 0 Å². The van der Waals surface area contributed by atoms with E-state index >= 15 is 0 Å². The van der Waals surface area contributed by atoms with E-state index in [0.717, 1.165) is 34.4 Å². The molecule has 0 aliphatic heterocycles. The van der Waals surface area contributed by atoms with Crippen LogP contribution in [0, 0.1) is 0 Å². The van der Waals surface area contributed by atoms with Gasteiger partial charge in [0.1, 0.15) is 17.2 Å². The second kappa shape index (κ2) is 6.37. The van der Waals surface area contributed by atoms with Gasteiger partial charge in [0.05, 0.1) is 7.11 Å². The second-order valence-corrected chi connectivity index (χ2v) is 5.62. The minimum absolute atomic E-state index is 0.647. The molecule has 1 saturated carbocycles. The molecule has 0 unspecified atom stereocenters. The Morgan fingerprint density at radius 1 is 1.14 bits per heavy atom. The average Bonchev–Trinajstić information content (AvgIpc) is 3.32. The molecule has 0 saturated heterocycles. The Kier molecular flexibility index (Phi) is 4.32. The summed E-state index contributed by atoms with van der Waals surface area (Å²) in [6.45, 7) is 0.768. The summed E-state index contributed by atoms with van der Waals surface area (Å²) in [6.07, 6.45) is 2.51. The molecule has 2 aromatic rings. The van der Waals surface area contributed by atoms with E-state index in [1.54, 1.807) is 7.11 Å². The van der Waals surface area contributed by atoms with Crippen molar-refractivity contribution in [2.75, 3.05) is 7.11 Å². The summed E-state index contributed by atoms with van der Waals surface area (Å²) >= 11 is 6.10. The number of benzene rings is 2. The van der Waals surface area contributed by atoms with Crippen LogP contribution in [0.15, 0.2) is 42.5 Å². The number of nitrogens with one attached hydrogen (secondary N) is 1. The van der Waals surface area contributed by atoms with Crippen molar-refractivity contribution in [1.82, 2.24) is 5.32 Å². The summed E-state index contributed by atoms with van der Waals surface area (Å²) in [5, 5.41) is 4.21. The highest BCUT2D eigenvalue weighted by molar-refractivity contribution is 6.30. The molecular weight excluding hydrogens is 286 g/mol. The van der Waals surface area contributed by atoms with Crippen molar-refractivity contribution in [2.45, 2.75) is 25.4 Å². The number of methoxy groups -OCH3 is 1. The number of hydrogen-bond donors (Lipinski definition) is 1. The Balaban J connectivity index is 1.79. The van der Waals surface area contributed by atoms with Crippen LogP contribution >= 0.6 is 11.6 Å². The molecule has 110 valence electrons. The lowest BCUT2D eigenvalue weighted by atomic mass is 10.2. The zero-order valence-corrected chi connectivity index (χ0v) is 12.7. The summed E-state index contributed by atoms with van der Waals surface area (Å²) < 4.78 is 11.2. The molecule has 2 aromatic carbocycles. The first-order chi connectivity index (χ1) is 10.2. The van der Waals surface area contributed by atoms with Crippen LogP contribution in [-0.2, 0) is 6.54 Å². The van der Waals surface area contributed by atoms with Crippen LogP contribution in [-0.4, -0.2) is 13.2 Å². The summed E-state index contributed by atoms with van der Waals surface area (Å²) in [4.78, 5) is 0. The Hall–Kier alpha value is -1.71. The lowest BCUT2D eigenvalue weighted by Gasteiger charge is -2.13. The highest BCUT2D eigenvalue weighted by Crippen LogP contribution is 2.30. The third-order valence-electron chi connectivity index (χ3n) is 3.45. The van der Waals surface area contributed by atoms with E-state index in [-0.39, 0.29) is 0 Å². The van der Waals surface area contributed by atoms with Crippen LogP contribution < -0.4 is 14.8 Å². The van der Waals surface area contributed by atoms with Crippen LogP contribution in [0.25, 0.3) is 0 Å². The summed E-state index contributed by atoms with van der Waals surface area (Å²) in [5.74, 6) is 2.35. The van der Waals surface area contributed by atoms with Crippen molar-refractivity contribution in [2.24, 2.45) is 0 Å². The van der Waals surface area contributed by atoms with E-state index in [9.17, 15) is 0 Å². The summed E-state index contributed by atoms with van der Waals surface area (Å²) in [6, 6.07) is 13.9. The predicted octanol–water partition coefficient (Wildman–Crippen LogP) is 4.39. The van der Waals surface area contributed by atoms with Crippen LogP contribution in [0.4, 0.5) is 0 Å². The molecule has 21 heavy (non-hydrogen) atoms. The fourth-order valence-corrected chi connectivity index (χ4v) is 2.31. The third kappa shape index (κ3) is 3.90. The zero-order valence-electron chi connectivity index (χ0n) is 11.9. The molecule has 0 radical (unpaired) electrons. The van der Waals surface area contributed by atoms with Crippen LogP contribution in [0.1, 0.15) is 18.4 Å². The second-order valence-electron chi connectivity index (χ2n) is 5.19. The Morgan fingerprint density at radius 2 is 1.95 bits per heavy atom. The standard InChI is InChI=1S/C17H18ClNO2/c1-20-15-3-2-4-16(10-15)21-17-8-5-13(18)9-12(17)11-19-14-6-7-14/h2-5,8-10,14,19H,6-7,11H2,1H3. The van der Waals surface area contributed by atoms with Gasteiger partial charge in [0.2, 0.25) is 0 Å². The van der Waals surface area contributed by atoms with E-state index in [0.29, 0.717) is 6.04 Å². The van der Waals surface area contributed by atoms with Crippen molar-refractivity contribution >= 4 is 11.6 Å². The van der Waals surface area contributed by atoms with Gasteiger partial charge in [0.25, 0.3) is 0 Å². The van der Waals surface area contributed by atoms with Gasteiger partial charge in [0, 0.05) is 29.2 Å². The number of halogens is 1. The Bertz CT molecular complexity index is 626.